The second-order valence-corrected chi connectivity index (χ2v) is 4.73. The number of rotatable bonds is 2. The van der Waals surface area contributed by atoms with Crippen LogP contribution in [0.3, 0.4) is 0 Å². The van der Waals surface area contributed by atoms with Crippen molar-refractivity contribution in [2.24, 2.45) is 0 Å². The zero-order valence-corrected chi connectivity index (χ0v) is 10.8. The van der Waals surface area contributed by atoms with E-state index in [-0.39, 0.29) is 0 Å². The molecule has 100 valence electrons. The highest BCUT2D eigenvalue weighted by Crippen LogP contribution is 2.30. The minimum Gasteiger partial charge on any atom is -0.465 e. The zero-order chi connectivity index (χ0) is 13.9. The summed E-state index contributed by atoms with van der Waals surface area (Å²) in [5, 5.41) is 11.1. The fourth-order valence-electron chi connectivity index (χ4n) is 2.44. The lowest BCUT2D eigenvalue weighted by molar-refractivity contribution is 0.210. The number of anilines is 1. The van der Waals surface area contributed by atoms with Gasteiger partial charge in [-0.2, -0.15) is 0 Å². The molecule has 0 atom stereocenters. The lowest BCUT2D eigenvalue weighted by atomic mass is 9.90. The first-order valence-corrected chi connectivity index (χ1v) is 6.47. The van der Waals surface area contributed by atoms with Gasteiger partial charge in [-0.05, 0) is 47.8 Å². The van der Waals surface area contributed by atoms with Crippen molar-refractivity contribution in [3.8, 4) is 0 Å². The van der Waals surface area contributed by atoms with Crippen LogP contribution in [-0.4, -0.2) is 16.2 Å². The Bertz CT molecular complexity index is 692. The van der Waals surface area contributed by atoms with Crippen LogP contribution in [0.4, 0.5) is 10.5 Å². The van der Waals surface area contributed by atoms with Gasteiger partial charge in [-0.25, -0.2) is 4.79 Å². The summed E-state index contributed by atoms with van der Waals surface area (Å²) in [6.45, 7) is 0. The third-order valence-electron chi connectivity index (χ3n) is 3.39. The number of nitrogens with zero attached hydrogens (tertiary/aromatic N) is 1. The van der Waals surface area contributed by atoms with Crippen LogP contribution >= 0.6 is 0 Å². The van der Waals surface area contributed by atoms with E-state index in [1.165, 1.54) is 11.1 Å². The van der Waals surface area contributed by atoms with Crippen LogP contribution in [0.15, 0.2) is 42.6 Å². The topological polar surface area (TPSA) is 62.2 Å². The lowest BCUT2D eigenvalue weighted by Crippen LogP contribution is -2.08. The predicted octanol–water partition coefficient (Wildman–Crippen LogP) is 3.66. The molecule has 2 aromatic rings. The van der Waals surface area contributed by atoms with Gasteiger partial charge < -0.3 is 5.11 Å². The normalized spacial score (nSPS) is 13.3. The van der Waals surface area contributed by atoms with E-state index in [0.717, 1.165) is 24.1 Å². The molecule has 20 heavy (non-hydrogen) atoms. The number of carbonyl (C=O) groups is 1. The van der Waals surface area contributed by atoms with Crippen molar-refractivity contribution >= 4 is 23.4 Å². The second-order valence-electron chi connectivity index (χ2n) is 4.73. The number of aromatic nitrogens is 1. The first-order chi connectivity index (χ1) is 9.72. The van der Waals surface area contributed by atoms with Gasteiger partial charge in [0.1, 0.15) is 0 Å². The molecule has 1 aromatic heterocycles. The molecule has 2 N–H and O–H groups in total. The van der Waals surface area contributed by atoms with Gasteiger partial charge in [0.15, 0.2) is 0 Å². The summed E-state index contributed by atoms with van der Waals surface area (Å²) >= 11 is 0. The second kappa shape index (κ2) is 5.17. The van der Waals surface area contributed by atoms with Crippen molar-refractivity contribution < 1.29 is 9.90 Å². The molecule has 0 aliphatic heterocycles. The minimum absolute atomic E-state index is 0.544. The Morgan fingerprint density at radius 3 is 2.90 bits per heavy atom. The Hall–Kier alpha value is -2.62. The van der Waals surface area contributed by atoms with Crippen molar-refractivity contribution in [2.45, 2.75) is 12.8 Å². The van der Waals surface area contributed by atoms with Gasteiger partial charge in [0.25, 0.3) is 0 Å². The van der Waals surface area contributed by atoms with E-state index in [1.54, 1.807) is 18.3 Å². The highest BCUT2D eigenvalue weighted by molar-refractivity contribution is 5.86. The van der Waals surface area contributed by atoms with E-state index in [4.69, 9.17) is 5.11 Å². The summed E-state index contributed by atoms with van der Waals surface area (Å²) in [5.41, 5.74) is 5.06. The maximum absolute atomic E-state index is 10.7. The molecule has 4 heteroatoms. The highest BCUT2D eigenvalue weighted by atomic mass is 16.4. The van der Waals surface area contributed by atoms with Gasteiger partial charge >= 0.3 is 6.09 Å². The largest absolute Gasteiger partial charge is 0.465 e. The van der Waals surface area contributed by atoms with E-state index in [0.29, 0.717) is 5.69 Å². The van der Waals surface area contributed by atoms with Crippen LogP contribution in [0.1, 0.15) is 23.2 Å². The molecule has 0 saturated heterocycles. The number of fused-ring (bicyclic) bond motifs is 1. The molecule has 1 aliphatic rings. The summed E-state index contributed by atoms with van der Waals surface area (Å²) in [7, 11) is 0. The summed E-state index contributed by atoms with van der Waals surface area (Å²) in [4.78, 5) is 15.0. The summed E-state index contributed by atoms with van der Waals surface area (Å²) < 4.78 is 0. The molecule has 0 radical (unpaired) electrons. The Morgan fingerprint density at radius 2 is 2.05 bits per heavy atom. The van der Waals surface area contributed by atoms with Crippen LogP contribution in [0.25, 0.3) is 11.6 Å². The van der Waals surface area contributed by atoms with E-state index in [9.17, 15) is 4.79 Å². The number of hydrogen-bond donors (Lipinski definition) is 2. The fraction of sp³-hybridized carbons (Fsp3) is 0.125. The Morgan fingerprint density at radius 1 is 1.20 bits per heavy atom. The van der Waals surface area contributed by atoms with Crippen LogP contribution < -0.4 is 5.32 Å². The molecule has 1 aromatic carbocycles. The maximum Gasteiger partial charge on any atom is 0.409 e. The maximum atomic E-state index is 10.7. The smallest absolute Gasteiger partial charge is 0.409 e. The van der Waals surface area contributed by atoms with Crippen LogP contribution in [-0.2, 0) is 6.42 Å². The SMILES string of the molecule is O=C(O)Nc1ccnc(C2=Cc3ccccc3CC2)c1. The van der Waals surface area contributed by atoms with Crippen molar-refractivity contribution in [3.63, 3.8) is 0 Å². The first kappa shape index (κ1) is 12.4. The number of carboxylic acid groups (broad SMARTS) is 1. The number of amides is 1. The van der Waals surface area contributed by atoms with Gasteiger partial charge in [0.05, 0.1) is 5.69 Å². The average Bonchev–Trinajstić information content (AvgIpc) is 2.46. The predicted molar refractivity (Wildman–Crippen MR) is 78.5 cm³/mol. The number of aryl methyl sites for hydroxylation is 1. The van der Waals surface area contributed by atoms with Crippen LogP contribution in [0.2, 0.25) is 0 Å². The van der Waals surface area contributed by atoms with Gasteiger partial charge in [-0.15, -0.1) is 0 Å². The minimum atomic E-state index is -1.06. The number of benzene rings is 1. The first-order valence-electron chi connectivity index (χ1n) is 6.47. The van der Waals surface area contributed by atoms with E-state index < -0.39 is 6.09 Å². The summed E-state index contributed by atoms with van der Waals surface area (Å²) in [6, 6.07) is 11.7. The molecule has 0 unspecified atom stereocenters. The molecule has 1 amide bonds. The molecule has 0 saturated carbocycles. The Kier molecular flexibility index (Phi) is 3.21. The molecule has 0 bridgehead atoms. The van der Waals surface area contributed by atoms with E-state index in [2.05, 4.69) is 28.5 Å². The standard InChI is InChI=1S/C16H14N2O2/c19-16(20)18-14-7-8-17-15(10-14)13-6-5-11-3-1-2-4-12(11)9-13/h1-4,7-10H,5-6H2,(H,17,18)(H,19,20). The van der Waals surface area contributed by atoms with Crippen molar-refractivity contribution in [1.29, 1.82) is 0 Å². The molecule has 0 fully saturated rings. The van der Waals surface area contributed by atoms with Crippen molar-refractivity contribution in [2.75, 3.05) is 5.32 Å². The molecule has 0 spiro atoms. The quantitative estimate of drug-likeness (QED) is 0.872. The molecule has 1 aliphatic carbocycles. The highest BCUT2D eigenvalue weighted by Gasteiger charge is 2.12. The molecule has 3 rings (SSSR count). The lowest BCUT2D eigenvalue weighted by Gasteiger charge is -2.16. The number of allylic oxidation sites excluding steroid dienone is 1. The third-order valence-corrected chi connectivity index (χ3v) is 3.39. The van der Waals surface area contributed by atoms with E-state index in [1.807, 2.05) is 12.1 Å². The van der Waals surface area contributed by atoms with Crippen molar-refractivity contribution in [3.05, 3.63) is 59.4 Å². The van der Waals surface area contributed by atoms with E-state index >= 15 is 0 Å². The van der Waals surface area contributed by atoms with Gasteiger partial charge in [0.2, 0.25) is 0 Å². The summed E-state index contributed by atoms with van der Waals surface area (Å²) in [6.07, 6.45) is 4.60. The Balaban J connectivity index is 1.94. The van der Waals surface area contributed by atoms with Gasteiger partial charge in [-0.1, -0.05) is 24.3 Å². The molecule has 1 heterocycles. The van der Waals surface area contributed by atoms with Crippen molar-refractivity contribution in [1.82, 2.24) is 4.98 Å². The number of nitrogens with one attached hydrogen (secondary N) is 1. The van der Waals surface area contributed by atoms with Gasteiger partial charge in [-0.3, -0.25) is 10.3 Å². The summed E-state index contributed by atoms with van der Waals surface area (Å²) in [5.74, 6) is 0. The fourth-order valence-corrected chi connectivity index (χ4v) is 2.44. The third kappa shape index (κ3) is 2.54. The average molecular weight is 266 g/mol. The number of pyridine rings is 1. The molecular weight excluding hydrogens is 252 g/mol. The van der Waals surface area contributed by atoms with Gasteiger partial charge in [0, 0.05) is 11.9 Å². The zero-order valence-electron chi connectivity index (χ0n) is 10.8. The monoisotopic (exact) mass is 266 g/mol. The Labute approximate surface area is 116 Å². The van der Waals surface area contributed by atoms with Crippen LogP contribution in [0.5, 0.6) is 0 Å². The number of hydrogen-bond acceptors (Lipinski definition) is 2. The van der Waals surface area contributed by atoms with Crippen LogP contribution in [0, 0.1) is 0 Å². The molecule has 4 nitrogen and oxygen atoms in total. The molecular formula is C16H14N2O2.